The number of benzene rings is 1. The molecule has 0 saturated heterocycles. The molecule has 0 radical (unpaired) electrons. The topological polar surface area (TPSA) is 23.8 Å². The van der Waals surface area contributed by atoms with Crippen molar-refractivity contribution in [1.29, 1.82) is 5.26 Å². The molecule has 0 unspecified atom stereocenters. The van der Waals surface area contributed by atoms with Crippen LogP contribution in [0.5, 0.6) is 0 Å². The van der Waals surface area contributed by atoms with Crippen molar-refractivity contribution in [3.8, 4) is 6.07 Å². The van der Waals surface area contributed by atoms with E-state index in [0.29, 0.717) is 0 Å². The van der Waals surface area contributed by atoms with Gasteiger partial charge in [-0.05, 0) is 37.9 Å². The minimum atomic E-state index is -0.596. The predicted molar refractivity (Wildman–Crippen MR) is 51.1 cm³/mol. The molecular weight excluding hydrogens is 308 g/mol. The van der Waals surface area contributed by atoms with Crippen LogP contribution in [0.4, 0.5) is 8.78 Å². The third-order valence-corrected chi connectivity index (χ3v) is 2.87. The maximum absolute atomic E-state index is 13.1. The van der Waals surface area contributed by atoms with Crippen molar-refractivity contribution >= 4 is 31.9 Å². The first kappa shape index (κ1) is 10.6. The Kier molecular flexibility index (Phi) is 3.40. The molecule has 1 nitrogen and oxygen atoms in total. The molecule has 1 aromatic carbocycles. The van der Waals surface area contributed by atoms with E-state index in [4.69, 9.17) is 5.26 Å². The monoisotopic (exact) mass is 309 g/mol. The van der Waals surface area contributed by atoms with Crippen LogP contribution in [0.15, 0.2) is 15.0 Å². The summed E-state index contributed by atoms with van der Waals surface area (Å²) in [5.41, 5.74) is 0.0446. The lowest BCUT2D eigenvalue weighted by atomic mass is 10.1. The lowest BCUT2D eigenvalue weighted by Gasteiger charge is -2.04. The van der Waals surface area contributed by atoms with Crippen LogP contribution >= 0.6 is 31.9 Å². The van der Waals surface area contributed by atoms with Gasteiger partial charge >= 0.3 is 0 Å². The van der Waals surface area contributed by atoms with Crippen molar-refractivity contribution in [1.82, 2.24) is 0 Å². The van der Waals surface area contributed by atoms with Gasteiger partial charge in [-0.2, -0.15) is 5.26 Å². The zero-order valence-corrected chi connectivity index (χ0v) is 9.42. The fourth-order valence-corrected chi connectivity index (χ4v) is 2.05. The summed E-state index contributed by atoms with van der Waals surface area (Å²) in [7, 11) is 0. The highest BCUT2D eigenvalue weighted by atomic mass is 79.9. The molecule has 0 aliphatic carbocycles. The lowest BCUT2D eigenvalue weighted by Crippen LogP contribution is -1.94. The van der Waals surface area contributed by atoms with Gasteiger partial charge in [0.1, 0.15) is 5.82 Å². The first-order valence-corrected chi connectivity index (χ1v) is 4.85. The zero-order valence-electron chi connectivity index (χ0n) is 6.24. The predicted octanol–water partition coefficient (Wildman–Crippen LogP) is 3.56. The first-order valence-electron chi connectivity index (χ1n) is 3.26. The van der Waals surface area contributed by atoms with E-state index in [2.05, 4.69) is 31.9 Å². The van der Waals surface area contributed by atoms with Gasteiger partial charge in [0.15, 0.2) is 5.82 Å². The van der Waals surface area contributed by atoms with Crippen LogP contribution < -0.4 is 0 Å². The van der Waals surface area contributed by atoms with Crippen LogP contribution in [0.1, 0.15) is 5.56 Å². The fraction of sp³-hybridized carbons (Fsp3) is 0.125. The third-order valence-electron chi connectivity index (χ3n) is 1.46. The van der Waals surface area contributed by atoms with Crippen LogP contribution in [0.2, 0.25) is 0 Å². The van der Waals surface area contributed by atoms with E-state index in [1.807, 2.05) is 0 Å². The number of halogens is 4. The Balaban J connectivity index is 3.36. The van der Waals surface area contributed by atoms with Crippen molar-refractivity contribution in [3.05, 3.63) is 32.2 Å². The summed E-state index contributed by atoms with van der Waals surface area (Å²) < 4.78 is 26.3. The van der Waals surface area contributed by atoms with Crippen LogP contribution in [0, 0.1) is 23.0 Å². The van der Waals surface area contributed by atoms with Gasteiger partial charge in [-0.25, -0.2) is 8.78 Å². The second-order valence-electron chi connectivity index (χ2n) is 2.28. The molecule has 0 aliphatic rings. The zero-order chi connectivity index (χ0) is 10.0. The highest BCUT2D eigenvalue weighted by molar-refractivity contribution is 9.11. The maximum Gasteiger partial charge on any atom is 0.152 e. The van der Waals surface area contributed by atoms with Crippen molar-refractivity contribution in [2.45, 2.75) is 6.42 Å². The Morgan fingerprint density at radius 3 is 2.54 bits per heavy atom. The quantitative estimate of drug-likeness (QED) is 0.575. The van der Waals surface area contributed by atoms with Crippen LogP contribution in [-0.4, -0.2) is 0 Å². The second-order valence-corrected chi connectivity index (χ2v) is 3.93. The molecular formula is C8H3Br2F2N. The van der Waals surface area contributed by atoms with Crippen LogP contribution in [0.3, 0.4) is 0 Å². The summed E-state index contributed by atoms with van der Waals surface area (Å²) in [5.74, 6) is -1.19. The molecule has 0 atom stereocenters. The largest absolute Gasteiger partial charge is 0.207 e. The highest BCUT2D eigenvalue weighted by Gasteiger charge is 2.14. The van der Waals surface area contributed by atoms with Crippen molar-refractivity contribution in [3.63, 3.8) is 0 Å². The maximum atomic E-state index is 13.1. The van der Waals surface area contributed by atoms with E-state index in [-0.39, 0.29) is 20.9 Å². The molecule has 0 amide bonds. The molecule has 0 aromatic heterocycles. The summed E-state index contributed by atoms with van der Waals surface area (Å²) >= 11 is 5.74. The molecule has 0 fully saturated rings. The minimum Gasteiger partial charge on any atom is -0.207 e. The Bertz CT molecular complexity index is 385. The molecule has 13 heavy (non-hydrogen) atoms. The van der Waals surface area contributed by atoms with Gasteiger partial charge in [-0.1, -0.05) is 0 Å². The normalized spacial score (nSPS) is 9.77. The molecule has 0 spiro atoms. The van der Waals surface area contributed by atoms with E-state index in [1.165, 1.54) is 0 Å². The fourth-order valence-electron chi connectivity index (χ4n) is 0.845. The highest BCUT2D eigenvalue weighted by Crippen LogP contribution is 2.29. The van der Waals surface area contributed by atoms with Crippen molar-refractivity contribution in [2.24, 2.45) is 0 Å². The Morgan fingerprint density at radius 2 is 2.00 bits per heavy atom. The van der Waals surface area contributed by atoms with Gasteiger partial charge < -0.3 is 0 Å². The van der Waals surface area contributed by atoms with Gasteiger partial charge in [-0.15, -0.1) is 0 Å². The minimum absolute atomic E-state index is 0.000856. The van der Waals surface area contributed by atoms with Gasteiger partial charge in [0.2, 0.25) is 0 Å². The molecule has 0 saturated carbocycles. The van der Waals surface area contributed by atoms with E-state index in [1.54, 1.807) is 6.07 Å². The number of nitriles is 1. The molecule has 1 aromatic rings. The first-order chi connectivity index (χ1) is 6.07. The number of nitrogens with zero attached hydrogens (tertiary/aromatic N) is 1. The van der Waals surface area contributed by atoms with E-state index in [0.717, 1.165) is 6.07 Å². The third kappa shape index (κ3) is 2.06. The Labute approximate surface area is 90.6 Å². The van der Waals surface area contributed by atoms with Gasteiger partial charge in [0, 0.05) is 5.56 Å². The molecule has 0 aliphatic heterocycles. The average Bonchev–Trinajstić information content (AvgIpc) is 2.09. The van der Waals surface area contributed by atoms with Gasteiger partial charge in [-0.3, -0.25) is 0 Å². The summed E-state index contributed by atoms with van der Waals surface area (Å²) in [6, 6.07) is 2.77. The van der Waals surface area contributed by atoms with E-state index < -0.39 is 11.6 Å². The summed E-state index contributed by atoms with van der Waals surface area (Å²) in [4.78, 5) is 0. The Morgan fingerprint density at radius 1 is 1.38 bits per heavy atom. The Hall–Kier alpha value is -0.470. The summed E-state index contributed by atoms with van der Waals surface area (Å²) in [5, 5.41) is 8.36. The SMILES string of the molecule is N#CCc1c(F)cc(Br)c(F)c1Br. The standard InChI is InChI=1S/C8H3Br2F2N/c9-5-3-6(11)4(1-2-13)7(10)8(5)12/h3H,1H2. The molecule has 0 N–H and O–H groups in total. The number of hydrogen-bond acceptors (Lipinski definition) is 1. The second kappa shape index (κ2) is 4.16. The summed E-state index contributed by atoms with van der Waals surface area (Å²) in [6.45, 7) is 0. The lowest BCUT2D eigenvalue weighted by molar-refractivity contribution is 0.578. The number of hydrogen-bond donors (Lipinski definition) is 0. The number of rotatable bonds is 1. The van der Waals surface area contributed by atoms with Crippen LogP contribution in [-0.2, 0) is 6.42 Å². The van der Waals surface area contributed by atoms with Crippen LogP contribution in [0.25, 0.3) is 0 Å². The van der Waals surface area contributed by atoms with E-state index in [9.17, 15) is 8.78 Å². The molecule has 5 heteroatoms. The molecule has 0 heterocycles. The molecule has 0 bridgehead atoms. The molecule has 1 rings (SSSR count). The van der Waals surface area contributed by atoms with E-state index >= 15 is 0 Å². The van der Waals surface area contributed by atoms with Gasteiger partial charge in [0.25, 0.3) is 0 Å². The van der Waals surface area contributed by atoms with Crippen molar-refractivity contribution < 1.29 is 8.78 Å². The van der Waals surface area contributed by atoms with Crippen molar-refractivity contribution in [2.75, 3.05) is 0 Å². The average molecular weight is 311 g/mol. The molecule has 68 valence electrons. The van der Waals surface area contributed by atoms with Gasteiger partial charge in [0.05, 0.1) is 21.4 Å². The smallest absolute Gasteiger partial charge is 0.152 e. The summed E-state index contributed by atoms with van der Waals surface area (Å²) in [6.07, 6.45) is -0.156.